The predicted molar refractivity (Wildman–Crippen MR) is 30.0 cm³/mol. The van der Waals surface area contributed by atoms with E-state index >= 15 is 0 Å². The van der Waals surface area contributed by atoms with E-state index in [0.717, 1.165) is 0 Å². The Balaban J connectivity index is 0. The molecular formula is C5H7CuNO4-. The zero-order valence-electron chi connectivity index (χ0n) is 5.47. The molecule has 0 aliphatic carbocycles. The van der Waals surface area contributed by atoms with Crippen LogP contribution in [0, 0.1) is 0 Å². The number of rotatable bonds is 4. The van der Waals surface area contributed by atoms with Crippen LogP contribution in [0.1, 0.15) is 12.8 Å². The van der Waals surface area contributed by atoms with Crippen LogP contribution in [0.15, 0.2) is 0 Å². The molecule has 68 valence electrons. The molecule has 0 spiro atoms. The molecular weight excluding hydrogens is 202 g/mol. The first-order valence-corrected chi connectivity index (χ1v) is 2.68. The molecule has 0 aromatic rings. The van der Waals surface area contributed by atoms with Gasteiger partial charge in [-0.25, -0.2) is 0 Å². The average Bonchev–Trinajstić information content (AvgIpc) is 1.82. The van der Waals surface area contributed by atoms with Gasteiger partial charge in [-0.15, -0.1) is 0 Å². The van der Waals surface area contributed by atoms with Crippen molar-refractivity contribution < 1.29 is 36.9 Å². The second kappa shape index (κ2) is 6.15. The summed E-state index contributed by atoms with van der Waals surface area (Å²) in [6, 6.07) is -1.35. The Morgan fingerprint density at radius 1 is 1.55 bits per heavy atom. The fourth-order valence-corrected chi connectivity index (χ4v) is 0.386. The Morgan fingerprint density at radius 3 is 2.27 bits per heavy atom. The molecule has 0 aliphatic heterocycles. The monoisotopic (exact) mass is 208 g/mol. The minimum atomic E-state index is -1.35. The third kappa shape index (κ3) is 7.31. The minimum absolute atomic E-state index is 0. The van der Waals surface area contributed by atoms with E-state index in [1.807, 2.05) is 0 Å². The van der Waals surface area contributed by atoms with Gasteiger partial charge in [0.05, 0.1) is 0 Å². The first kappa shape index (κ1) is 13.0. The first-order valence-electron chi connectivity index (χ1n) is 2.68. The van der Waals surface area contributed by atoms with Crippen LogP contribution in [-0.2, 0) is 26.7 Å². The molecule has 0 saturated heterocycles. The maximum absolute atomic E-state index is 9.91. The van der Waals surface area contributed by atoms with Gasteiger partial charge in [0.15, 0.2) is 0 Å². The van der Waals surface area contributed by atoms with Gasteiger partial charge >= 0.3 is 17.1 Å². The van der Waals surface area contributed by atoms with Crippen LogP contribution >= 0.6 is 0 Å². The summed E-state index contributed by atoms with van der Waals surface area (Å²) in [5.41, 5.74) is 6.73. The molecule has 2 N–H and O–H groups in total. The molecule has 0 aromatic heterocycles. The van der Waals surface area contributed by atoms with E-state index in [9.17, 15) is 14.7 Å². The molecule has 0 heterocycles. The summed E-state index contributed by atoms with van der Waals surface area (Å²) in [7, 11) is 0. The van der Waals surface area contributed by atoms with Crippen LogP contribution in [0.3, 0.4) is 0 Å². The fraction of sp³-hybridized carbons (Fsp3) is 0.600. The van der Waals surface area contributed by atoms with Crippen molar-refractivity contribution in [3.05, 3.63) is 5.73 Å². The van der Waals surface area contributed by atoms with Crippen LogP contribution in [0.2, 0.25) is 0 Å². The summed E-state index contributed by atoms with van der Waals surface area (Å²) in [6.45, 7) is 0. The van der Waals surface area contributed by atoms with E-state index in [1.165, 1.54) is 0 Å². The van der Waals surface area contributed by atoms with E-state index in [2.05, 4.69) is 0 Å². The topological polar surface area (TPSA) is 101 Å². The number of carbonyl (C=O) groups is 2. The van der Waals surface area contributed by atoms with E-state index in [1.54, 1.807) is 0 Å². The van der Waals surface area contributed by atoms with Gasteiger partial charge < -0.3 is 20.7 Å². The zero-order chi connectivity index (χ0) is 8.15. The van der Waals surface area contributed by atoms with Crippen LogP contribution in [0.5, 0.6) is 0 Å². The van der Waals surface area contributed by atoms with Gasteiger partial charge in [-0.2, -0.15) is 0 Å². The smallest absolute Gasteiger partial charge is 0.665 e. The van der Waals surface area contributed by atoms with E-state index in [4.69, 9.17) is 10.8 Å². The Morgan fingerprint density at radius 2 is 2.00 bits per heavy atom. The number of carboxylic acid groups (broad SMARTS) is 2. The van der Waals surface area contributed by atoms with E-state index in [-0.39, 0.29) is 29.9 Å². The Bertz CT molecular complexity index is 149. The average molecular weight is 209 g/mol. The van der Waals surface area contributed by atoms with Gasteiger partial charge in [0.25, 0.3) is 5.97 Å². The fourth-order valence-electron chi connectivity index (χ4n) is 0.386. The summed E-state index contributed by atoms with van der Waals surface area (Å²) in [5.74, 6) is -2.63. The Kier molecular flexibility index (Phi) is 7.29. The molecule has 0 aliphatic rings. The summed E-state index contributed by atoms with van der Waals surface area (Å²) in [4.78, 5) is 19.6. The number of hydrogen-bond acceptors (Lipinski definition) is 3. The number of aliphatic carboxylic acids is 2. The summed E-state index contributed by atoms with van der Waals surface area (Å²) >= 11 is 0. The van der Waals surface area contributed by atoms with Crippen molar-refractivity contribution >= 4 is 11.9 Å². The molecule has 0 aromatic carbocycles. The molecule has 0 fully saturated rings. The predicted octanol–water partition coefficient (Wildman–Crippen LogP) is -0.981. The number of nitrogens with one attached hydrogen (secondary N) is 1. The summed E-state index contributed by atoms with van der Waals surface area (Å²) < 4.78 is 0. The Labute approximate surface area is 74.0 Å². The molecule has 0 rings (SSSR count). The standard InChI is InChI=1S/C5H8NO4.Cu/c6-3(5(9)10)1-2-4(7)8;/h3,6H,1-2H2,(H,7,8)(H,9,10);/q-1;+1/p-1. The van der Waals surface area contributed by atoms with Crippen molar-refractivity contribution in [1.29, 1.82) is 0 Å². The molecule has 0 saturated carbocycles. The zero-order valence-corrected chi connectivity index (χ0v) is 6.41. The second-order valence-corrected chi connectivity index (χ2v) is 1.80. The van der Waals surface area contributed by atoms with Crippen LogP contribution in [-0.4, -0.2) is 23.1 Å². The normalized spacial score (nSPS) is 11.4. The second-order valence-electron chi connectivity index (χ2n) is 1.80. The molecule has 6 heteroatoms. The van der Waals surface area contributed by atoms with Crippen molar-refractivity contribution in [2.24, 2.45) is 0 Å². The van der Waals surface area contributed by atoms with Crippen LogP contribution in [0.4, 0.5) is 0 Å². The first-order chi connectivity index (χ1) is 4.54. The third-order valence-corrected chi connectivity index (χ3v) is 0.935. The molecule has 0 bridgehead atoms. The van der Waals surface area contributed by atoms with Crippen LogP contribution < -0.4 is 5.11 Å². The summed E-state index contributed by atoms with van der Waals surface area (Å²) in [5, 5.41) is 17.8. The van der Waals surface area contributed by atoms with Gasteiger partial charge in [0, 0.05) is 5.97 Å². The molecule has 0 radical (unpaired) electrons. The van der Waals surface area contributed by atoms with Crippen molar-refractivity contribution in [2.75, 3.05) is 0 Å². The molecule has 0 amide bonds. The Hall–Kier alpha value is -0.581. The van der Waals surface area contributed by atoms with E-state index in [0.29, 0.717) is 0 Å². The maximum Gasteiger partial charge on any atom is 1.00 e. The largest absolute Gasteiger partial charge is 1.00 e. The van der Waals surface area contributed by atoms with Gasteiger partial charge in [-0.05, 0) is 12.5 Å². The minimum Gasteiger partial charge on any atom is -0.665 e. The van der Waals surface area contributed by atoms with Crippen molar-refractivity contribution in [1.82, 2.24) is 0 Å². The molecule has 11 heavy (non-hydrogen) atoms. The SMILES string of the molecule is [Cu+].[NH-]C(CCC(=O)[O-])C(=O)O. The van der Waals surface area contributed by atoms with Gasteiger partial charge in [0.2, 0.25) is 0 Å². The summed E-state index contributed by atoms with van der Waals surface area (Å²) in [6.07, 6.45) is -0.571. The van der Waals surface area contributed by atoms with Crippen molar-refractivity contribution in [3.8, 4) is 0 Å². The number of carbonyl (C=O) groups excluding carboxylic acids is 1. The van der Waals surface area contributed by atoms with E-state index < -0.39 is 18.0 Å². The van der Waals surface area contributed by atoms with Gasteiger partial charge in [-0.1, -0.05) is 6.42 Å². The van der Waals surface area contributed by atoms with Crippen molar-refractivity contribution in [3.63, 3.8) is 0 Å². The molecule has 1 unspecified atom stereocenters. The number of hydrogen-bond donors (Lipinski definition) is 1. The van der Waals surface area contributed by atoms with Crippen LogP contribution in [0.25, 0.3) is 5.73 Å². The number of carboxylic acids is 2. The van der Waals surface area contributed by atoms with Gasteiger partial charge in [-0.3, -0.25) is 4.79 Å². The van der Waals surface area contributed by atoms with Gasteiger partial charge in [0.1, 0.15) is 0 Å². The third-order valence-electron chi connectivity index (χ3n) is 0.935. The molecule has 1 atom stereocenters. The maximum atomic E-state index is 9.91. The molecule has 5 nitrogen and oxygen atoms in total. The quantitative estimate of drug-likeness (QED) is 0.600. The van der Waals surface area contributed by atoms with Crippen molar-refractivity contribution in [2.45, 2.75) is 18.9 Å².